The van der Waals surface area contributed by atoms with Gasteiger partial charge in [0.2, 0.25) is 5.95 Å². The first-order valence-electron chi connectivity index (χ1n) is 7.86. The minimum atomic E-state index is -0.432. The van der Waals surface area contributed by atoms with Gasteiger partial charge in [-0.25, -0.2) is 9.97 Å². The molecule has 1 aliphatic rings. The first kappa shape index (κ1) is 16.8. The lowest BCUT2D eigenvalue weighted by molar-refractivity contribution is -0.384. The Morgan fingerprint density at radius 3 is 2.73 bits per heavy atom. The number of nitro groups is 1. The molecule has 6 nitrogen and oxygen atoms in total. The van der Waals surface area contributed by atoms with Crippen molar-refractivity contribution in [2.24, 2.45) is 0 Å². The Morgan fingerprint density at radius 1 is 1.23 bits per heavy atom. The summed E-state index contributed by atoms with van der Waals surface area (Å²) in [5, 5.41) is 14.8. The maximum absolute atomic E-state index is 10.8. The van der Waals surface area contributed by atoms with Crippen molar-refractivity contribution in [2.75, 3.05) is 5.32 Å². The van der Waals surface area contributed by atoms with E-state index in [1.165, 1.54) is 12.1 Å². The van der Waals surface area contributed by atoms with Gasteiger partial charge in [0, 0.05) is 50.3 Å². The summed E-state index contributed by atoms with van der Waals surface area (Å²) < 4.78 is 0. The third-order valence-corrected chi connectivity index (χ3v) is 5.54. The summed E-state index contributed by atoms with van der Waals surface area (Å²) in [4.78, 5) is 20.5. The van der Waals surface area contributed by atoms with Crippen LogP contribution < -0.4 is 5.32 Å². The summed E-state index contributed by atoms with van der Waals surface area (Å²) in [6.45, 7) is 2.12. The number of halogens is 1. The highest BCUT2D eigenvalue weighted by molar-refractivity contribution is 7.99. The topological polar surface area (TPSA) is 81.0 Å². The molecular weight excluding hydrogens is 372 g/mol. The van der Waals surface area contributed by atoms with E-state index in [1.54, 1.807) is 23.9 Å². The SMILES string of the molecule is CC1Sc2ccc(Cl)cc2-c2nc(Nc3ccc([N+](=O)[O-])cc3)ncc21. The quantitative estimate of drug-likeness (QED) is 0.466. The lowest BCUT2D eigenvalue weighted by Crippen LogP contribution is -2.06. The Hall–Kier alpha value is -2.64. The van der Waals surface area contributed by atoms with Crippen molar-refractivity contribution in [1.82, 2.24) is 9.97 Å². The number of non-ortho nitro benzene ring substituents is 1. The summed E-state index contributed by atoms with van der Waals surface area (Å²) >= 11 is 7.92. The van der Waals surface area contributed by atoms with Crippen LogP contribution in [0, 0.1) is 10.1 Å². The molecule has 0 fully saturated rings. The molecule has 1 atom stereocenters. The highest BCUT2D eigenvalue weighted by Crippen LogP contribution is 2.48. The summed E-state index contributed by atoms with van der Waals surface area (Å²) in [5.74, 6) is 0.433. The van der Waals surface area contributed by atoms with E-state index in [9.17, 15) is 10.1 Å². The van der Waals surface area contributed by atoms with Crippen LogP contribution in [0.15, 0.2) is 53.6 Å². The number of fused-ring (bicyclic) bond motifs is 3. The number of anilines is 2. The molecule has 1 aliphatic heterocycles. The van der Waals surface area contributed by atoms with E-state index < -0.39 is 4.92 Å². The van der Waals surface area contributed by atoms with Crippen LogP contribution in [0.4, 0.5) is 17.3 Å². The fraction of sp³-hybridized carbons (Fsp3) is 0.111. The van der Waals surface area contributed by atoms with E-state index >= 15 is 0 Å². The van der Waals surface area contributed by atoms with Gasteiger partial charge in [0.25, 0.3) is 5.69 Å². The molecule has 8 heteroatoms. The Kier molecular flexibility index (Phi) is 4.26. The van der Waals surface area contributed by atoms with E-state index in [-0.39, 0.29) is 10.9 Å². The van der Waals surface area contributed by atoms with Crippen LogP contribution in [0.1, 0.15) is 17.7 Å². The molecule has 1 N–H and O–H groups in total. The molecule has 1 aromatic heterocycles. The van der Waals surface area contributed by atoms with Crippen molar-refractivity contribution in [2.45, 2.75) is 17.1 Å². The normalized spacial score (nSPS) is 15.1. The van der Waals surface area contributed by atoms with E-state index in [0.717, 1.165) is 21.7 Å². The maximum Gasteiger partial charge on any atom is 0.269 e. The van der Waals surface area contributed by atoms with Crippen LogP contribution in [0.3, 0.4) is 0 Å². The van der Waals surface area contributed by atoms with Crippen molar-refractivity contribution in [3.63, 3.8) is 0 Å². The second-order valence-corrected chi connectivity index (χ2v) is 7.65. The summed E-state index contributed by atoms with van der Waals surface area (Å²) in [5.41, 5.74) is 3.62. The van der Waals surface area contributed by atoms with Crippen LogP contribution in [0.25, 0.3) is 11.3 Å². The lowest BCUT2D eigenvalue weighted by atomic mass is 10.0. The standard InChI is InChI=1S/C18H13ClN4O2S/c1-10-15-9-20-18(21-12-3-5-13(6-4-12)23(24)25)22-17(15)14-8-11(19)2-7-16(14)26-10/h2-10H,1H3,(H,20,21,22). The van der Waals surface area contributed by atoms with E-state index in [1.807, 2.05) is 24.4 Å². The highest BCUT2D eigenvalue weighted by atomic mass is 35.5. The third-order valence-electron chi connectivity index (χ3n) is 4.09. The zero-order valence-electron chi connectivity index (χ0n) is 13.6. The summed E-state index contributed by atoms with van der Waals surface area (Å²) in [7, 11) is 0. The number of thioether (sulfide) groups is 1. The van der Waals surface area contributed by atoms with Crippen LogP contribution in [0.5, 0.6) is 0 Å². The molecule has 0 amide bonds. The molecule has 26 heavy (non-hydrogen) atoms. The molecule has 0 aliphatic carbocycles. The molecule has 0 bridgehead atoms. The van der Waals surface area contributed by atoms with Gasteiger partial charge < -0.3 is 5.32 Å². The zero-order valence-corrected chi connectivity index (χ0v) is 15.2. The Morgan fingerprint density at radius 2 is 2.00 bits per heavy atom. The Labute approximate surface area is 158 Å². The fourth-order valence-corrected chi connectivity index (χ4v) is 4.09. The van der Waals surface area contributed by atoms with Gasteiger partial charge in [-0.1, -0.05) is 11.6 Å². The summed E-state index contributed by atoms with van der Waals surface area (Å²) in [6, 6.07) is 11.9. The predicted octanol–water partition coefficient (Wildman–Crippen LogP) is 5.62. The average molecular weight is 385 g/mol. The average Bonchev–Trinajstić information content (AvgIpc) is 2.63. The Bertz CT molecular complexity index is 1010. The van der Waals surface area contributed by atoms with Gasteiger partial charge in [0.05, 0.1) is 10.6 Å². The second-order valence-electron chi connectivity index (χ2n) is 5.83. The predicted molar refractivity (Wildman–Crippen MR) is 103 cm³/mol. The van der Waals surface area contributed by atoms with Crippen LogP contribution in [0.2, 0.25) is 5.02 Å². The van der Waals surface area contributed by atoms with E-state index in [2.05, 4.69) is 22.2 Å². The van der Waals surface area contributed by atoms with E-state index in [0.29, 0.717) is 16.7 Å². The molecular formula is C18H13ClN4O2S. The number of rotatable bonds is 3. The van der Waals surface area contributed by atoms with Gasteiger partial charge in [-0.2, -0.15) is 0 Å². The molecule has 0 radical (unpaired) electrons. The molecule has 2 aromatic carbocycles. The van der Waals surface area contributed by atoms with Gasteiger partial charge in [-0.05, 0) is 37.3 Å². The smallest absolute Gasteiger partial charge is 0.269 e. The molecule has 0 spiro atoms. The number of nitro benzene ring substituents is 1. The lowest BCUT2D eigenvalue weighted by Gasteiger charge is -2.24. The van der Waals surface area contributed by atoms with Crippen LogP contribution >= 0.6 is 23.4 Å². The molecule has 4 rings (SSSR count). The number of hydrogen-bond acceptors (Lipinski definition) is 6. The Balaban J connectivity index is 1.70. The maximum atomic E-state index is 10.8. The first-order valence-corrected chi connectivity index (χ1v) is 9.12. The third kappa shape index (κ3) is 3.11. The molecule has 130 valence electrons. The van der Waals surface area contributed by atoms with Gasteiger partial charge in [0.1, 0.15) is 0 Å². The monoisotopic (exact) mass is 384 g/mol. The van der Waals surface area contributed by atoms with Crippen molar-refractivity contribution >= 4 is 40.7 Å². The minimum absolute atomic E-state index is 0.0383. The number of hydrogen-bond donors (Lipinski definition) is 1. The van der Waals surface area contributed by atoms with Crippen molar-refractivity contribution in [3.05, 3.63) is 69.4 Å². The van der Waals surface area contributed by atoms with Gasteiger partial charge in [0.15, 0.2) is 0 Å². The second kappa shape index (κ2) is 6.59. The number of aromatic nitrogens is 2. The fourth-order valence-electron chi connectivity index (χ4n) is 2.80. The molecule has 2 heterocycles. The molecule has 0 saturated heterocycles. The summed E-state index contributed by atoms with van der Waals surface area (Å²) in [6.07, 6.45) is 1.82. The van der Waals surface area contributed by atoms with Crippen molar-refractivity contribution in [1.29, 1.82) is 0 Å². The minimum Gasteiger partial charge on any atom is -0.324 e. The zero-order chi connectivity index (χ0) is 18.3. The van der Waals surface area contributed by atoms with Gasteiger partial charge in [-0.15, -0.1) is 11.8 Å². The van der Waals surface area contributed by atoms with Gasteiger partial charge in [-0.3, -0.25) is 10.1 Å². The largest absolute Gasteiger partial charge is 0.324 e. The van der Waals surface area contributed by atoms with Crippen molar-refractivity contribution in [3.8, 4) is 11.3 Å². The highest BCUT2D eigenvalue weighted by Gasteiger charge is 2.25. The van der Waals surface area contributed by atoms with Gasteiger partial charge >= 0.3 is 0 Å². The number of nitrogens with zero attached hydrogens (tertiary/aromatic N) is 3. The van der Waals surface area contributed by atoms with Crippen molar-refractivity contribution < 1.29 is 4.92 Å². The van der Waals surface area contributed by atoms with Crippen LogP contribution in [-0.4, -0.2) is 14.9 Å². The molecule has 0 saturated carbocycles. The van der Waals surface area contributed by atoms with E-state index in [4.69, 9.17) is 11.6 Å². The molecule has 1 unspecified atom stereocenters. The first-order chi connectivity index (χ1) is 12.5. The van der Waals surface area contributed by atoms with Crippen LogP contribution in [-0.2, 0) is 0 Å². The molecule has 3 aromatic rings. The number of nitrogens with one attached hydrogen (secondary N) is 1. The number of benzene rings is 2.